The Morgan fingerprint density at radius 3 is 3.07 bits per heavy atom. The molecule has 0 bridgehead atoms. The summed E-state index contributed by atoms with van der Waals surface area (Å²) in [7, 11) is 0. The third kappa shape index (κ3) is 1.37. The smallest absolute Gasteiger partial charge is 0.326 e. The van der Waals surface area contributed by atoms with Gasteiger partial charge in [-0.3, -0.25) is 0 Å². The van der Waals surface area contributed by atoms with Crippen LogP contribution in [0.15, 0.2) is 24.8 Å². The van der Waals surface area contributed by atoms with Gasteiger partial charge in [-0.1, -0.05) is 18.7 Å². The molecular formula is C11H11NO2. The van der Waals surface area contributed by atoms with Gasteiger partial charge >= 0.3 is 5.97 Å². The first-order valence-corrected chi connectivity index (χ1v) is 4.45. The Morgan fingerprint density at radius 1 is 1.64 bits per heavy atom. The summed E-state index contributed by atoms with van der Waals surface area (Å²) in [5.41, 5.74) is 2.99. The van der Waals surface area contributed by atoms with Crippen LogP contribution in [0.3, 0.4) is 0 Å². The predicted octanol–water partition coefficient (Wildman–Crippen LogP) is 1.75. The summed E-state index contributed by atoms with van der Waals surface area (Å²) in [6.07, 6.45) is 2.31. The number of anilines is 1. The molecule has 1 aromatic carbocycles. The van der Waals surface area contributed by atoms with Crippen LogP contribution in [0.25, 0.3) is 6.08 Å². The van der Waals surface area contributed by atoms with Crippen molar-refractivity contribution in [1.82, 2.24) is 0 Å². The van der Waals surface area contributed by atoms with Gasteiger partial charge in [-0.05, 0) is 23.3 Å². The van der Waals surface area contributed by atoms with Gasteiger partial charge in [0.25, 0.3) is 0 Å². The van der Waals surface area contributed by atoms with Crippen molar-refractivity contribution in [3.05, 3.63) is 35.9 Å². The highest BCUT2D eigenvalue weighted by Crippen LogP contribution is 2.27. The van der Waals surface area contributed by atoms with Gasteiger partial charge in [-0.15, -0.1) is 0 Å². The van der Waals surface area contributed by atoms with Gasteiger partial charge < -0.3 is 10.4 Å². The van der Waals surface area contributed by atoms with Gasteiger partial charge in [-0.25, -0.2) is 4.79 Å². The molecule has 2 N–H and O–H groups in total. The summed E-state index contributed by atoms with van der Waals surface area (Å²) in [6.45, 7) is 3.67. The lowest BCUT2D eigenvalue weighted by Crippen LogP contribution is -2.26. The Balaban J connectivity index is 2.31. The molecule has 0 saturated heterocycles. The van der Waals surface area contributed by atoms with Crippen molar-refractivity contribution in [3.63, 3.8) is 0 Å². The molecule has 0 fully saturated rings. The fourth-order valence-corrected chi connectivity index (χ4v) is 1.66. The summed E-state index contributed by atoms with van der Waals surface area (Å²) in [5, 5.41) is 11.8. The van der Waals surface area contributed by atoms with Crippen molar-refractivity contribution in [2.24, 2.45) is 0 Å². The topological polar surface area (TPSA) is 49.3 Å². The Kier molecular flexibility index (Phi) is 2.00. The Bertz CT molecular complexity index is 398. The highest BCUT2D eigenvalue weighted by atomic mass is 16.4. The van der Waals surface area contributed by atoms with Gasteiger partial charge in [0.05, 0.1) is 0 Å². The molecule has 0 spiro atoms. The van der Waals surface area contributed by atoms with Crippen LogP contribution >= 0.6 is 0 Å². The van der Waals surface area contributed by atoms with Crippen molar-refractivity contribution in [2.45, 2.75) is 12.5 Å². The van der Waals surface area contributed by atoms with Crippen molar-refractivity contribution >= 4 is 17.7 Å². The van der Waals surface area contributed by atoms with Crippen LogP contribution in [0.4, 0.5) is 5.69 Å². The molecule has 0 amide bonds. The lowest BCUT2D eigenvalue weighted by atomic mass is 10.1. The molecule has 1 aliphatic rings. The zero-order valence-electron chi connectivity index (χ0n) is 7.66. The van der Waals surface area contributed by atoms with Crippen molar-refractivity contribution in [2.75, 3.05) is 5.32 Å². The monoisotopic (exact) mass is 189 g/mol. The van der Waals surface area contributed by atoms with Crippen molar-refractivity contribution < 1.29 is 9.90 Å². The molecule has 1 aliphatic heterocycles. The Labute approximate surface area is 82.1 Å². The van der Waals surface area contributed by atoms with Crippen LogP contribution < -0.4 is 5.32 Å². The third-order valence-corrected chi connectivity index (χ3v) is 2.42. The van der Waals surface area contributed by atoms with E-state index in [2.05, 4.69) is 11.9 Å². The Morgan fingerprint density at radius 2 is 2.43 bits per heavy atom. The van der Waals surface area contributed by atoms with Crippen LogP contribution in [-0.4, -0.2) is 17.1 Å². The second-order valence-electron chi connectivity index (χ2n) is 3.36. The van der Waals surface area contributed by atoms with Crippen molar-refractivity contribution in [1.29, 1.82) is 0 Å². The van der Waals surface area contributed by atoms with E-state index >= 15 is 0 Å². The van der Waals surface area contributed by atoms with E-state index in [9.17, 15) is 4.79 Å². The summed E-state index contributed by atoms with van der Waals surface area (Å²) in [6, 6.07) is 5.31. The zero-order valence-corrected chi connectivity index (χ0v) is 7.66. The van der Waals surface area contributed by atoms with Crippen LogP contribution in [0.2, 0.25) is 0 Å². The minimum atomic E-state index is -0.804. The highest BCUT2D eigenvalue weighted by molar-refractivity contribution is 5.81. The number of hydrogen-bond acceptors (Lipinski definition) is 2. The maximum atomic E-state index is 10.7. The van der Waals surface area contributed by atoms with Gasteiger partial charge in [0.1, 0.15) is 6.04 Å². The maximum Gasteiger partial charge on any atom is 0.326 e. The third-order valence-electron chi connectivity index (χ3n) is 2.42. The van der Waals surface area contributed by atoms with E-state index in [-0.39, 0.29) is 0 Å². The van der Waals surface area contributed by atoms with Gasteiger partial charge in [-0.2, -0.15) is 0 Å². The molecular weight excluding hydrogens is 178 g/mol. The average Bonchev–Trinajstić information content (AvgIpc) is 2.59. The second-order valence-corrected chi connectivity index (χ2v) is 3.36. The lowest BCUT2D eigenvalue weighted by molar-refractivity contribution is -0.137. The molecule has 0 aromatic heterocycles. The van der Waals surface area contributed by atoms with Gasteiger partial charge in [0, 0.05) is 12.1 Å². The van der Waals surface area contributed by atoms with E-state index in [0.29, 0.717) is 6.42 Å². The standard InChI is InChI=1S/C11H11NO2/c1-2-7-3-4-9-8(5-7)6-10(12-9)11(13)14/h2-5,10,12H,1,6H2,(H,13,14). The van der Waals surface area contributed by atoms with Gasteiger partial charge in [0.15, 0.2) is 0 Å². The van der Waals surface area contributed by atoms with E-state index in [4.69, 9.17) is 5.11 Å². The normalized spacial score (nSPS) is 18.4. The molecule has 1 atom stereocenters. The van der Waals surface area contributed by atoms with Crippen LogP contribution in [-0.2, 0) is 11.2 Å². The van der Waals surface area contributed by atoms with E-state index < -0.39 is 12.0 Å². The largest absolute Gasteiger partial charge is 0.480 e. The number of benzene rings is 1. The van der Waals surface area contributed by atoms with E-state index in [0.717, 1.165) is 16.8 Å². The van der Waals surface area contributed by atoms with Crippen LogP contribution in [0.1, 0.15) is 11.1 Å². The predicted molar refractivity (Wildman–Crippen MR) is 55.3 cm³/mol. The minimum absolute atomic E-state index is 0.481. The molecule has 1 unspecified atom stereocenters. The molecule has 1 aromatic rings. The first-order chi connectivity index (χ1) is 6.70. The molecule has 0 aliphatic carbocycles. The maximum absolute atomic E-state index is 10.7. The first-order valence-electron chi connectivity index (χ1n) is 4.45. The number of carbonyl (C=O) groups is 1. The molecule has 1 heterocycles. The molecule has 2 rings (SSSR count). The summed E-state index contributed by atoms with van der Waals surface area (Å²) in [4.78, 5) is 10.7. The van der Waals surface area contributed by atoms with Crippen molar-refractivity contribution in [3.8, 4) is 0 Å². The average molecular weight is 189 g/mol. The number of hydrogen-bond donors (Lipinski definition) is 2. The lowest BCUT2D eigenvalue weighted by Gasteiger charge is -2.03. The number of rotatable bonds is 2. The quantitative estimate of drug-likeness (QED) is 0.745. The molecule has 72 valence electrons. The zero-order chi connectivity index (χ0) is 10.1. The number of carboxylic acid groups (broad SMARTS) is 1. The van der Waals surface area contributed by atoms with E-state index in [1.165, 1.54) is 0 Å². The van der Waals surface area contributed by atoms with E-state index in [1.807, 2.05) is 18.2 Å². The highest BCUT2D eigenvalue weighted by Gasteiger charge is 2.25. The summed E-state index contributed by atoms with van der Waals surface area (Å²) < 4.78 is 0. The molecule has 0 radical (unpaired) electrons. The molecule has 3 heteroatoms. The SMILES string of the molecule is C=Cc1ccc2c(c1)CC(C(=O)O)N2. The molecule has 3 nitrogen and oxygen atoms in total. The first kappa shape index (κ1) is 8.81. The number of aliphatic carboxylic acids is 1. The minimum Gasteiger partial charge on any atom is -0.480 e. The van der Waals surface area contributed by atoms with Crippen LogP contribution in [0.5, 0.6) is 0 Å². The molecule has 0 saturated carbocycles. The fraction of sp³-hybridized carbons (Fsp3) is 0.182. The fourth-order valence-electron chi connectivity index (χ4n) is 1.66. The van der Waals surface area contributed by atoms with Crippen LogP contribution in [0, 0.1) is 0 Å². The second kappa shape index (κ2) is 3.18. The summed E-state index contributed by atoms with van der Waals surface area (Å²) in [5.74, 6) is -0.804. The number of fused-ring (bicyclic) bond motifs is 1. The van der Waals surface area contributed by atoms with Gasteiger partial charge in [0.2, 0.25) is 0 Å². The number of nitrogens with one attached hydrogen (secondary N) is 1. The molecule has 14 heavy (non-hydrogen) atoms. The van der Waals surface area contributed by atoms with E-state index in [1.54, 1.807) is 6.08 Å². The summed E-state index contributed by atoms with van der Waals surface area (Å²) >= 11 is 0. The number of carboxylic acids is 1. The Hall–Kier alpha value is -1.77.